The minimum atomic E-state index is -0.191. The first-order chi connectivity index (χ1) is 13.2. The Morgan fingerprint density at radius 2 is 2.19 bits per heavy atom. The number of anilines is 2. The molecule has 3 heterocycles. The van der Waals surface area contributed by atoms with E-state index in [1.807, 2.05) is 11.8 Å². The standard InChI is InChI=1S/C17H21N7O2S/c1-2-26-11-5-14-21-22-16(27-14)20-17(25)24-9-7-23(8-10-24)15-13(12-18)4-3-6-19-15/h3-4,6H,2,5,7-11H2,1H3,(H,20,22,25). The summed E-state index contributed by atoms with van der Waals surface area (Å²) in [5.74, 6) is 0.670. The van der Waals surface area contributed by atoms with Gasteiger partial charge in [0.05, 0.1) is 12.2 Å². The number of hydrogen-bond acceptors (Lipinski definition) is 8. The molecule has 0 saturated carbocycles. The molecule has 0 unspecified atom stereocenters. The van der Waals surface area contributed by atoms with Crippen LogP contribution in [0, 0.1) is 11.3 Å². The lowest BCUT2D eigenvalue weighted by molar-refractivity contribution is 0.150. The fraction of sp³-hybridized carbons (Fsp3) is 0.471. The summed E-state index contributed by atoms with van der Waals surface area (Å²) in [7, 11) is 0. The molecule has 1 fully saturated rings. The molecule has 27 heavy (non-hydrogen) atoms. The SMILES string of the molecule is CCOCCc1nnc(NC(=O)N2CCN(c3ncccc3C#N)CC2)s1. The Balaban J connectivity index is 1.51. The molecule has 142 valence electrons. The summed E-state index contributed by atoms with van der Waals surface area (Å²) >= 11 is 1.36. The van der Waals surface area contributed by atoms with Crippen molar-refractivity contribution in [3.63, 3.8) is 0 Å². The van der Waals surface area contributed by atoms with Gasteiger partial charge in [-0.2, -0.15) is 5.26 Å². The van der Waals surface area contributed by atoms with E-state index in [9.17, 15) is 10.1 Å². The number of ether oxygens (including phenoxy) is 1. The van der Waals surface area contributed by atoms with Crippen molar-refractivity contribution in [1.82, 2.24) is 20.1 Å². The van der Waals surface area contributed by atoms with Crippen molar-refractivity contribution in [3.8, 4) is 6.07 Å². The van der Waals surface area contributed by atoms with Crippen LogP contribution >= 0.6 is 11.3 Å². The Morgan fingerprint density at radius 1 is 1.37 bits per heavy atom. The molecule has 2 amide bonds. The second-order valence-electron chi connectivity index (χ2n) is 5.84. The predicted octanol–water partition coefficient (Wildman–Crippen LogP) is 1.74. The summed E-state index contributed by atoms with van der Waals surface area (Å²) in [5.41, 5.74) is 0.545. The summed E-state index contributed by atoms with van der Waals surface area (Å²) < 4.78 is 5.30. The zero-order chi connectivity index (χ0) is 19.1. The number of urea groups is 1. The summed E-state index contributed by atoms with van der Waals surface area (Å²) in [6.45, 7) is 5.54. The number of carbonyl (C=O) groups excluding carboxylic acids is 1. The third kappa shape index (κ3) is 4.90. The van der Waals surface area contributed by atoms with E-state index in [1.54, 1.807) is 23.2 Å². The fourth-order valence-electron chi connectivity index (χ4n) is 2.74. The van der Waals surface area contributed by atoms with Crippen LogP contribution in [0.5, 0.6) is 0 Å². The van der Waals surface area contributed by atoms with Gasteiger partial charge in [-0.3, -0.25) is 5.32 Å². The lowest BCUT2D eigenvalue weighted by Gasteiger charge is -2.35. The summed E-state index contributed by atoms with van der Waals surface area (Å²) in [4.78, 5) is 20.5. The molecule has 3 rings (SSSR count). The van der Waals surface area contributed by atoms with Gasteiger partial charge >= 0.3 is 6.03 Å². The van der Waals surface area contributed by atoms with Crippen molar-refractivity contribution >= 4 is 28.3 Å². The van der Waals surface area contributed by atoms with Crippen LogP contribution in [0.4, 0.5) is 15.7 Å². The van der Waals surface area contributed by atoms with E-state index in [0.29, 0.717) is 62.3 Å². The highest BCUT2D eigenvalue weighted by Gasteiger charge is 2.24. The molecule has 1 N–H and O–H groups in total. The Morgan fingerprint density at radius 3 is 2.93 bits per heavy atom. The minimum absolute atomic E-state index is 0.191. The van der Waals surface area contributed by atoms with Crippen molar-refractivity contribution in [2.24, 2.45) is 0 Å². The van der Waals surface area contributed by atoms with Crippen molar-refractivity contribution in [3.05, 3.63) is 28.9 Å². The lowest BCUT2D eigenvalue weighted by atomic mass is 10.2. The Hall–Kier alpha value is -2.77. The monoisotopic (exact) mass is 387 g/mol. The van der Waals surface area contributed by atoms with Gasteiger partial charge in [-0.05, 0) is 19.1 Å². The van der Waals surface area contributed by atoms with Gasteiger partial charge in [0.15, 0.2) is 0 Å². The molecule has 9 nitrogen and oxygen atoms in total. The van der Waals surface area contributed by atoms with Crippen molar-refractivity contribution in [2.75, 3.05) is 49.6 Å². The van der Waals surface area contributed by atoms with Crippen LogP contribution in [-0.2, 0) is 11.2 Å². The number of amides is 2. The van der Waals surface area contributed by atoms with E-state index in [2.05, 4.69) is 26.6 Å². The largest absolute Gasteiger partial charge is 0.381 e. The van der Waals surface area contributed by atoms with Crippen LogP contribution in [0.1, 0.15) is 17.5 Å². The minimum Gasteiger partial charge on any atom is -0.381 e. The number of aromatic nitrogens is 3. The van der Waals surface area contributed by atoms with Crippen LogP contribution in [0.25, 0.3) is 0 Å². The summed E-state index contributed by atoms with van der Waals surface area (Å²) in [5, 5.41) is 21.4. The van der Waals surface area contributed by atoms with Crippen LogP contribution in [0.3, 0.4) is 0 Å². The molecule has 0 bridgehead atoms. The van der Waals surface area contributed by atoms with Crippen molar-refractivity contribution < 1.29 is 9.53 Å². The summed E-state index contributed by atoms with van der Waals surface area (Å²) in [6, 6.07) is 5.47. The van der Waals surface area contributed by atoms with Gasteiger partial charge in [0.2, 0.25) is 5.13 Å². The number of nitrogens with one attached hydrogen (secondary N) is 1. The maximum absolute atomic E-state index is 12.4. The van der Waals surface area contributed by atoms with Crippen LogP contribution in [-0.4, -0.2) is 65.5 Å². The van der Waals surface area contributed by atoms with Gasteiger partial charge in [0.1, 0.15) is 16.9 Å². The summed E-state index contributed by atoms with van der Waals surface area (Å²) in [6.07, 6.45) is 2.36. The maximum atomic E-state index is 12.4. The molecule has 1 saturated heterocycles. The molecule has 0 aliphatic carbocycles. The van der Waals surface area contributed by atoms with E-state index >= 15 is 0 Å². The molecule has 1 aliphatic rings. The highest BCUT2D eigenvalue weighted by molar-refractivity contribution is 7.15. The zero-order valence-corrected chi connectivity index (χ0v) is 15.9. The number of nitriles is 1. The smallest absolute Gasteiger partial charge is 0.323 e. The van der Waals surface area contributed by atoms with Crippen LogP contribution in [0.2, 0.25) is 0 Å². The first-order valence-corrected chi connectivity index (χ1v) is 9.59. The van der Waals surface area contributed by atoms with Gasteiger partial charge in [-0.25, -0.2) is 9.78 Å². The molecular formula is C17H21N7O2S. The molecule has 0 spiro atoms. The highest BCUT2D eigenvalue weighted by Crippen LogP contribution is 2.19. The molecule has 1 aliphatic heterocycles. The molecule has 10 heteroatoms. The number of piperazine rings is 1. The Bertz CT molecular complexity index is 812. The second kappa shape index (κ2) is 9.25. The number of rotatable bonds is 6. The first kappa shape index (κ1) is 19.0. The van der Waals surface area contributed by atoms with Crippen LogP contribution < -0.4 is 10.2 Å². The second-order valence-corrected chi connectivity index (χ2v) is 6.90. The predicted molar refractivity (Wildman–Crippen MR) is 102 cm³/mol. The van der Waals surface area contributed by atoms with Gasteiger partial charge in [-0.15, -0.1) is 10.2 Å². The van der Waals surface area contributed by atoms with E-state index in [0.717, 1.165) is 5.01 Å². The molecule has 2 aromatic rings. The highest BCUT2D eigenvalue weighted by atomic mass is 32.1. The number of pyridine rings is 1. The average molecular weight is 387 g/mol. The normalized spacial score (nSPS) is 14.1. The average Bonchev–Trinajstić information content (AvgIpc) is 3.15. The fourth-order valence-corrected chi connectivity index (χ4v) is 3.45. The number of carbonyl (C=O) groups is 1. The number of hydrogen-bond donors (Lipinski definition) is 1. The van der Waals surface area contributed by atoms with Gasteiger partial charge < -0.3 is 14.5 Å². The molecule has 0 atom stereocenters. The first-order valence-electron chi connectivity index (χ1n) is 8.77. The molecule has 0 aromatic carbocycles. The zero-order valence-electron chi connectivity index (χ0n) is 15.1. The van der Waals surface area contributed by atoms with Gasteiger partial charge in [0.25, 0.3) is 0 Å². The van der Waals surface area contributed by atoms with E-state index < -0.39 is 0 Å². The van der Waals surface area contributed by atoms with Gasteiger partial charge in [-0.1, -0.05) is 11.3 Å². The quantitative estimate of drug-likeness (QED) is 0.752. The Labute approximate surface area is 161 Å². The number of nitrogens with zero attached hydrogens (tertiary/aromatic N) is 6. The van der Waals surface area contributed by atoms with Gasteiger partial charge in [0, 0.05) is 45.4 Å². The third-order valence-corrected chi connectivity index (χ3v) is 5.02. The molecular weight excluding hydrogens is 366 g/mol. The van der Waals surface area contributed by atoms with Crippen molar-refractivity contribution in [2.45, 2.75) is 13.3 Å². The van der Waals surface area contributed by atoms with Crippen LogP contribution in [0.15, 0.2) is 18.3 Å². The lowest BCUT2D eigenvalue weighted by Crippen LogP contribution is -2.50. The topological polar surface area (TPSA) is 107 Å². The third-order valence-electron chi connectivity index (χ3n) is 4.12. The maximum Gasteiger partial charge on any atom is 0.323 e. The van der Waals surface area contributed by atoms with E-state index in [-0.39, 0.29) is 6.03 Å². The Kier molecular flexibility index (Phi) is 6.51. The van der Waals surface area contributed by atoms with E-state index in [1.165, 1.54) is 11.3 Å². The van der Waals surface area contributed by atoms with Crippen molar-refractivity contribution in [1.29, 1.82) is 5.26 Å². The van der Waals surface area contributed by atoms with E-state index in [4.69, 9.17) is 4.74 Å². The molecule has 0 radical (unpaired) electrons. The molecule has 2 aromatic heterocycles.